The van der Waals surface area contributed by atoms with E-state index in [1.54, 1.807) is 0 Å². The molecule has 0 unspecified atom stereocenters. The van der Waals surface area contributed by atoms with Crippen molar-refractivity contribution in [2.45, 2.75) is 0 Å². The molecule has 0 atom stereocenters. The van der Waals surface area contributed by atoms with Crippen LogP contribution < -0.4 is 0 Å². The van der Waals surface area contributed by atoms with E-state index in [0.29, 0.717) is 17.5 Å². The molecule has 0 N–H and O–H groups in total. The smallest absolute Gasteiger partial charge is 0.164 e. The molecule has 3 heterocycles. The van der Waals surface area contributed by atoms with Gasteiger partial charge in [0, 0.05) is 38.2 Å². The van der Waals surface area contributed by atoms with Crippen molar-refractivity contribution in [1.82, 2.24) is 19.5 Å². The van der Waals surface area contributed by atoms with Crippen molar-refractivity contribution >= 4 is 76.1 Å². The molecule has 0 aliphatic carbocycles. The fraction of sp³-hybridized carbons (Fsp3) is 0. The van der Waals surface area contributed by atoms with Gasteiger partial charge in [0.2, 0.25) is 0 Å². The number of hydrogen-bond donors (Lipinski definition) is 0. The second kappa shape index (κ2) is 11.1. The molecule has 9 aromatic carbocycles. The largest absolute Gasteiger partial charge is 0.456 e. The predicted octanol–water partition coefficient (Wildman–Crippen LogP) is 12.8. The standard InChI is InChI=1S/C49H28N4O/c1-3-13-29(14-4-1)47-50-48(30-15-5-2-6-16-30)52-49(51-47)32-25-26-41-37(27-32)44-38(23-12-24-42(44)54-41)53-39-22-11-21-36-34-19-9-10-20-35(34)43-33-18-8-7-17-31(33)28-40(53)46(43)45(36)39/h1-28H. The zero-order chi connectivity index (χ0) is 35.3. The molecule has 0 amide bonds. The van der Waals surface area contributed by atoms with E-state index in [2.05, 4.69) is 102 Å². The molecule has 12 aromatic rings. The third kappa shape index (κ3) is 4.12. The lowest BCUT2D eigenvalue weighted by atomic mass is 9.91. The lowest BCUT2D eigenvalue weighted by molar-refractivity contribution is 0.669. The first kappa shape index (κ1) is 29.2. The van der Waals surface area contributed by atoms with Crippen molar-refractivity contribution in [1.29, 1.82) is 0 Å². The normalized spacial score (nSPS) is 12.1. The number of furan rings is 1. The zero-order valence-electron chi connectivity index (χ0n) is 28.9. The van der Waals surface area contributed by atoms with Gasteiger partial charge in [0.05, 0.1) is 22.1 Å². The molecule has 0 fully saturated rings. The molecule has 0 aliphatic heterocycles. The number of aromatic nitrogens is 4. The van der Waals surface area contributed by atoms with Gasteiger partial charge in [-0.1, -0.05) is 127 Å². The molecular weight excluding hydrogens is 661 g/mol. The molecule has 0 bridgehead atoms. The second-order valence-electron chi connectivity index (χ2n) is 13.9. The first-order valence-electron chi connectivity index (χ1n) is 18.2. The summed E-state index contributed by atoms with van der Waals surface area (Å²) in [4.78, 5) is 15.0. The van der Waals surface area contributed by atoms with E-state index in [0.717, 1.165) is 44.3 Å². The molecule has 250 valence electrons. The van der Waals surface area contributed by atoms with Crippen LogP contribution in [0.25, 0.3) is 116 Å². The highest BCUT2D eigenvalue weighted by atomic mass is 16.3. The predicted molar refractivity (Wildman–Crippen MR) is 221 cm³/mol. The Labute approximate surface area is 308 Å². The summed E-state index contributed by atoms with van der Waals surface area (Å²) in [5.74, 6) is 1.87. The van der Waals surface area contributed by atoms with Gasteiger partial charge in [-0.05, 0) is 69.4 Å². The van der Waals surface area contributed by atoms with Crippen LogP contribution in [0.4, 0.5) is 0 Å². The molecule has 12 rings (SSSR count). The van der Waals surface area contributed by atoms with E-state index in [1.807, 2.05) is 72.8 Å². The van der Waals surface area contributed by atoms with E-state index in [9.17, 15) is 0 Å². The Morgan fingerprint density at radius 1 is 0.352 bits per heavy atom. The van der Waals surface area contributed by atoms with Gasteiger partial charge in [-0.25, -0.2) is 15.0 Å². The maximum absolute atomic E-state index is 6.61. The number of rotatable bonds is 4. The van der Waals surface area contributed by atoms with Crippen LogP contribution in [0.2, 0.25) is 0 Å². The lowest BCUT2D eigenvalue weighted by Gasteiger charge is -2.12. The fourth-order valence-electron chi connectivity index (χ4n) is 8.65. The Hall–Kier alpha value is -7.37. The summed E-state index contributed by atoms with van der Waals surface area (Å²) >= 11 is 0. The number of fused-ring (bicyclic) bond motifs is 8. The summed E-state index contributed by atoms with van der Waals surface area (Å²) in [6, 6.07) is 59.5. The molecule has 0 aliphatic rings. The van der Waals surface area contributed by atoms with Crippen molar-refractivity contribution in [2.75, 3.05) is 0 Å². The SMILES string of the molecule is c1ccc(-c2nc(-c3ccccc3)nc(-c3ccc4oc5cccc(-n6c7cccc8c9ccccc9c9c%10ccccc%10cc6c9c87)c5c4c3)n2)cc1. The van der Waals surface area contributed by atoms with Gasteiger partial charge in [0.1, 0.15) is 11.2 Å². The highest BCUT2D eigenvalue weighted by Crippen LogP contribution is 2.47. The zero-order valence-corrected chi connectivity index (χ0v) is 28.9. The topological polar surface area (TPSA) is 56.7 Å². The van der Waals surface area contributed by atoms with Crippen LogP contribution in [0.5, 0.6) is 0 Å². The van der Waals surface area contributed by atoms with Crippen LogP contribution in [-0.4, -0.2) is 19.5 Å². The van der Waals surface area contributed by atoms with Gasteiger partial charge in [0.15, 0.2) is 17.5 Å². The molecule has 0 radical (unpaired) electrons. The van der Waals surface area contributed by atoms with E-state index in [-0.39, 0.29) is 0 Å². The molecule has 0 spiro atoms. The molecule has 3 aromatic heterocycles. The van der Waals surface area contributed by atoms with Crippen molar-refractivity contribution < 1.29 is 4.42 Å². The van der Waals surface area contributed by atoms with Crippen LogP contribution in [0.3, 0.4) is 0 Å². The van der Waals surface area contributed by atoms with Gasteiger partial charge in [0.25, 0.3) is 0 Å². The van der Waals surface area contributed by atoms with Gasteiger partial charge in [-0.15, -0.1) is 0 Å². The highest BCUT2D eigenvalue weighted by molar-refractivity contribution is 6.39. The van der Waals surface area contributed by atoms with Gasteiger partial charge in [-0.2, -0.15) is 0 Å². The Morgan fingerprint density at radius 3 is 1.72 bits per heavy atom. The maximum atomic E-state index is 6.61. The third-order valence-corrected chi connectivity index (χ3v) is 11.0. The number of benzene rings is 9. The van der Waals surface area contributed by atoms with Crippen molar-refractivity contribution in [2.24, 2.45) is 0 Å². The molecule has 54 heavy (non-hydrogen) atoms. The summed E-state index contributed by atoms with van der Waals surface area (Å²) in [6.45, 7) is 0. The van der Waals surface area contributed by atoms with Crippen LogP contribution in [-0.2, 0) is 0 Å². The molecule has 5 heteroatoms. The molecule has 0 saturated carbocycles. The quantitative estimate of drug-likeness (QED) is 0.173. The fourth-order valence-corrected chi connectivity index (χ4v) is 8.65. The summed E-state index contributed by atoms with van der Waals surface area (Å²) in [7, 11) is 0. The highest BCUT2D eigenvalue weighted by Gasteiger charge is 2.24. The molecular formula is C49H28N4O. The monoisotopic (exact) mass is 688 g/mol. The van der Waals surface area contributed by atoms with E-state index in [4.69, 9.17) is 19.4 Å². The summed E-state index contributed by atoms with van der Waals surface area (Å²) in [5.41, 5.74) is 7.82. The first-order chi connectivity index (χ1) is 26.8. The number of hydrogen-bond acceptors (Lipinski definition) is 4. The van der Waals surface area contributed by atoms with Crippen LogP contribution in [0.1, 0.15) is 0 Å². The first-order valence-corrected chi connectivity index (χ1v) is 18.2. The second-order valence-corrected chi connectivity index (χ2v) is 13.9. The van der Waals surface area contributed by atoms with Crippen molar-refractivity contribution in [3.8, 4) is 39.9 Å². The average molecular weight is 689 g/mol. The minimum Gasteiger partial charge on any atom is -0.456 e. The van der Waals surface area contributed by atoms with Gasteiger partial charge >= 0.3 is 0 Å². The van der Waals surface area contributed by atoms with E-state index in [1.165, 1.54) is 54.1 Å². The Morgan fingerprint density at radius 2 is 0.963 bits per heavy atom. The Bertz CT molecular complexity index is 3370. The van der Waals surface area contributed by atoms with Crippen LogP contribution in [0.15, 0.2) is 174 Å². The van der Waals surface area contributed by atoms with Crippen molar-refractivity contribution in [3.63, 3.8) is 0 Å². The summed E-state index contributed by atoms with van der Waals surface area (Å²) in [5, 5.41) is 12.2. The summed E-state index contributed by atoms with van der Waals surface area (Å²) < 4.78 is 9.05. The third-order valence-electron chi connectivity index (χ3n) is 11.0. The van der Waals surface area contributed by atoms with Crippen LogP contribution >= 0.6 is 0 Å². The minimum absolute atomic E-state index is 0.609. The average Bonchev–Trinajstić information content (AvgIpc) is 3.79. The molecule has 5 nitrogen and oxygen atoms in total. The summed E-state index contributed by atoms with van der Waals surface area (Å²) in [6.07, 6.45) is 0. The Kier molecular flexibility index (Phi) is 5.99. The lowest BCUT2D eigenvalue weighted by Crippen LogP contribution is -2.00. The van der Waals surface area contributed by atoms with Gasteiger partial charge in [-0.3, -0.25) is 0 Å². The number of nitrogens with zero attached hydrogens (tertiary/aromatic N) is 4. The minimum atomic E-state index is 0.609. The Balaban J connectivity index is 1.16. The van der Waals surface area contributed by atoms with Gasteiger partial charge < -0.3 is 8.98 Å². The molecule has 0 saturated heterocycles. The van der Waals surface area contributed by atoms with Crippen molar-refractivity contribution in [3.05, 3.63) is 170 Å². The van der Waals surface area contributed by atoms with E-state index < -0.39 is 0 Å². The van der Waals surface area contributed by atoms with E-state index >= 15 is 0 Å². The maximum Gasteiger partial charge on any atom is 0.164 e. The van der Waals surface area contributed by atoms with Crippen LogP contribution in [0, 0.1) is 0 Å².